The lowest BCUT2D eigenvalue weighted by atomic mass is 10.1. The summed E-state index contributed by atoms with van der Waals surface area (Å²) in [5, 5.41) is 0. The van der Waals surface area contributed by atoms with Crippen LogP contribution < -0.4 is 0 Å². The van der Waals surface area contributed by atoms with Crippen molar-refractivity contribution in [2.24, 2.45) is 5.92 Å². The van der Waals surface area contributed by atoms with Crippen molar-refractivity contribution in [3.05, 3.63) is 29.8 Å². The summed E-state index contributed by atoms with van der Waals surface area (Å²) in [6, 6.07) is 5.74. The molecule has 0 unspecified atom stereocenters. The van der Waals surface area contributed by atoms with E-state index < -0.39 is 19.9 Å². The van der Waals surface area contributed by atoms with Crippen LogP contribution in [0.1, 0.15) is 30.6 Å². The van der Waals surface area contributed by atoms with E-state index in [4.69, 9.17) is 0 Å². The van der Waals surface area contributed by atoms with Gasteiger partial charge in [-0.1, -0.05) is 19.9 Å². The van der Waals surface area contributed by atoms with Crippen LogP contribution in [0.3, 0.4) is 0 Å². The number of hydrogen-bond donors (Lipinski definition) is 0. The van der Waals surface area contributed by atoms with Crippen molar-refractivity contribution in [1.29, 1.82) is 0 Å². The Morgan fingerprint density at radius 1 is 1.20 bits per heavy atom. The summed E-state index contributed by atoms with van der Waals surface area (Å²) in [7, 11) is -4.88. The fourth-order valence-electron chi connectivity index (χ4n) is 3.95. The normalized spacial score (nSPS) is 23.0. The van der Waals surface area contributed by atoms with Crippen LogP contribution in [0.15, 0.2) is 29.2 Å². The van der Waals surface area contributed by atoms with Crippen molar-refractivity contribution < 1.29 is 21.6 Å². The summed E-state index contributed by atoms with van der Waals surface area (Å²) in [5.74, 6) is -0.113. The molecule has 1 amide bonds. The third-order valence-electron chi connectivity index (χ3n) is 5.65. The first-order valence-corrected chi connectivity index (χ1v) is 13.6. The van der Waals surface area contributed by atoms with Crippen LogP contribution in [0.2, 0.25) is 0 Å². The number of carbonyl (C=O) groups is 1. The zero-order valence-electron chi connectivity index (χ0n) is 17.8. The second-order valence-electron chi connectivity index (χ2n) is 8.64. The fraction of sp³-hybridized carbons (Fsp3) is 0.650. The second-order valence-corrected chi connectivity index (χ2v) is 12.8. The van der Waals surface area contributed by atoms with Crippen molar-refractivity contribution >= 4 is 25.8 Å². The number of piperazine rings is 1. The summed E-state index contributed by atoms with van der Waals surface area (Å²) in [4.78, 5) is 17.1. The Balaban J connectivity index is 1.86. The van der Waals surface area contributed by atoms with E-state index in [-0.39, 0.29) is 39.8 Å². The molecule has 10 heteroatoms. The summed E-state index contributed by atoms with van der Waals surface area (Å²) >= 11 is 0. The summed E-state index contributed by atoms with van der Waals surface area (Å²) in [6.07, 6.45) is 0.417. The molecule has 0 radical (unpaired) electrons. The molecule has 1 aromatic rings. The molecular weight excluding hydrogens is 426 g/mol. The number of likely N-dealkylation sites (N-methyl/N-ethyl adjacent to an activating group) is 1. The minimum atomic E-state index is -3.69. The monoisotopic (exact) mass is 457 g/mol. The van der Waals surface area contributed by atoms with Gasteiger partial charge in [0.15, 0.2) is 9.84 Å². The Labute approximate surface area is 179 Å². The summed E-state index contributed by atoms with van der Waals surface area (Å²) in [6.45, 7) is 6.52. The first-order chi connectivity index (χ1) is 14.0. The van der Waals surface area contributed by atoms with Crippen molar-refractivity contribution in [3.63, 3.8) is 0 Å². The molecule has 30 heavy (non-hydrogen) atoms. The van der Waals surface area contributed by atoms with Gasteiger partial charge in [0.2, 0.25) is 10.0 Å². The standard InChI is InChI=1S/C20H31N3O5S2/c1-16(2)14-23(18-7-12-29(25,26)15-18)20(24)17-5-4-6-19(13-17)30(27,28)22-10-8-21(3)9-11-22/h4-6,13,16,18H,7-12,14-15H2,1-3H3/t18-/m1/s1. The highest BCUT2D eigenvalue weighted by Crippen LogP contribution is 2.24. The van der Waals surface area contributed by atoms with Gasteiger partial charge in [0.05, 0.1) is 16.4 Å². The lowest BCUT2D eigenvalue weighted by Crippen LogP contribution is -2.47. The lowest BCUT2D eigenvalue weighted by Gasteiger charge is -2.32. The predicted molar refractivity (Wildman–Crippen MR) is 116 cm³/mol. The SMILES string of the molecule is CC(C)CN(C(=O)c1cccc(S(=O)(=O)N2CCN(C)CC2)c1)[C@@H]1CCS(=O)(=O)C1. The van der Waals surface area contributed by atoms with Crippen LogP contribution in [0, 0.1) is 5.92 Å². The fourth-order valence-corrected chi connectivity index (χ4v) is 7.14. The van der Waals surface area contributed by atoms with Gasteiger partial charge in [-0.15, -0.1) is 0 Å². The molecule has 0 spiro atoms. The summed E-state index contributed by atoms with van der Waals surface area (Å²) < 4.78 is 51.5. The molecular formula is C20H31N3O5S2. The Hall–Kier alpha value is -1.49. The molecule has 0 bridgehead atoms. The second kappa shape index (κ2) is 8.94. The number of carbonyl (C=O) groups excluding carboxylic acids is 1. The minimum absolute atomic E-state index is 0.0370. The van der Waals surface area contributed by atoms with Gasteiger partial charge in [0.25, 0.3) is 5.91 Å². The highest BCUT2D eigenvalue weighted by molar-refractivity contribution is 7.91. The molecule has 2 aliphatic rings. The molecule has 3 rings (SSSR count). The maximum Gasteiger partial charge on any atom is 0.254 e. The van der Waals surface area contributed by atoms with Gasteiger partial charge in [-0.2, -0.15) is 4.31 Å². The Morgan fingerprint density at radius 2 is 1.87 bits per heavy atom. The van der Waals surface area contributed by atoms with E-state index in [1.54, 1.807) is 17.0 Å². The average molecular weight is 458 g/mol. The largest absolute Gasteiger partial charge is 0.334 e. The van der Waals surface area contributed by atoms with Crippen molar-refractivity contribution in [3.8, 4) is 0 Å². The number of sulfonamides is 1. The predicted octanol–water partition coefficient (Wildman–Crippen LogP) is 0.908. The number of sulfone groups is 1. The topological polar surface area (TPSA) is 95.1 Å². The van der Waals surface area contributed by atoms with Crippen LogP contribution in [-0.4, -0.2) is 94.2 Å². The van der Waals surface area contributed by atoms with E-state index >= 15 is 0 Å². The van der Waals surface area contributed by atoms with E-state index in [9.17, 15) is 21.6 Å². The first kappa shape index (κ1) is 23.2. The lowest BCUT2D eigenvalue weighted by molar-refractivity contribution is 0.0672. The van der Waals surface area contributed by atoms with Gasteiger partial charge in [-0.25, -0.2) is 16.8 Å². The Kier molecular flexibility index (Phi) is 6.91. The molecule has 0 aliphatic carbocycles. The molecule has 1 atom stereocenters. The third kappa shape index (κ3) is 5.22. The molecule has 2 aliphatic heterocycles. The molecule has 1 aromatic carbocycles. The van der Waals surface area contributed by atoms with Crippen molar-refractivity contribution in [1.82, 2.24) is 14.1 Å². The highest BCUT2D eigenvalue weighted by atomic mass is 32.2. The number of benzene rings is 1. The van der Waals surface area contributed by atoms with Gasteiger partial charge in [-0.05, 0) is 37.6 Å². The Morgan fingerprint density at radius 3 is 2.43 bits per heavy atom. The zero-order chi connectivity index (χ0) is 22.1. The zero-order valence-corrected chi connectivity index (χ0v) is 19.5. The molecule has 2 heterocycles. The quantitative estimate of drug-likeness (QED) is 0.630. The molecule has 2 fully saturated rings. The average Bonchev–Trinajstić information content (AvgIpc) is 3.05. The number of amides is 1. The van der Waals surface area contributed by atoms with Crippen LogP contribution in [0.5, 0.6) is 0 Å². The summed E-state index contributed by atoms with van der Waals surface area (Å²) in [5.41, 5.74) is 0.273. The van der Waals surface area contributed by atoms with Crippen molar-refractivity contribution in [2.75, 3.05) is 51.3 Å². The van der Waals surface area contributed by atoms with E-state index in [1.807, 2.05) is 20.9 Å². The molecule has 0 aromatic heterocycles. The molecule has 168 valence electrons. The smallest absolute Gasteiger partial charge is 0.254 e. The first-order valence-electron chi connectivity index (χ1n) is 10.3. The van der Waals surface area contributed by atoms with Gasteiger partial charge < -0.3 is 9.80 Å². The van der Waals surface area contributed by atoms with Crippen LogP contribution in [0.4, 0.5) is 0 Å². The van der Waals surface area contributed by atoms with Crippen LogP contribution in [-0.2, 0) is 19.9 Å². The van der Waals surface area contributed by atoms with Crippen molar-refractivity contribution in [2.45, 2.75) is 31.2 Å². The van der Waals surface area contributed by atoms with Gasteiger partial charge in [-0.3, -0.25) is 4.79 Å². The molecule has 0 N–H and O–H groups in total. The number of nitrogens with zero attached hydrogens (tertiary/aromatic N) is 3. The minimum Gasteiger partial charge on any atom is -0.334 e. The maximum atomic E-state index is 13.3. The van der Waals surface area contributed by atoms with E-state index in [0.29, 0.717) is 39.1 Å². The van der Waals surface area contributed by atoms with Gasteiger partial charge in [0.1, 0.15) is 0 Å². The molecule has 8 nitrogen and oxygen atoms in total. The van der Waals surface area contributed by atoms with E-state index in [0.717, 1.165) is 0 Å². The molecule has 0 saturated carbocycles. The van der Waals surface area contributed by atoms with Crippen LogP contribution >= 0.6 is 0 Å². The third-order valence-corrected chi connectivity index (χ3v) is 9.30. The van der Waals surface area contributed by atoms with E-state index in [2.05, 4.69) is 4.90 Å². The van der Waals surface area contributed by atoms with Gasteiger partial charge in [0, 0.05) is 44.3 Å². The van der Waals surface area contributed by atoms with Crippen LogP contribution in [0.25, 0.3) is 0 Å². The molecule has 2 saturated heterocycles. The number of rotatable bonds is 6. The van der Waals surface area contributed by atoms with Gasteiger partial charge >= 0.3 is 0 Å². The number of hydrogen-bond acceptors (Lipinski definition) is 6. The maximum absolute atomic E-state index is 13.3. The Bertz CT molecular complexity index is 983. The van der Waals surface area contributed by atoms with E-state index in [1.165, 1.54) is 16.4 Å². The highest BCUT2D eigenvalue weighted by Gasteiger charge is 2.36.